The summed E-state index contributed by atoms with van der Waals surface area (Å²) in [6.45, 7) is 4.65. The van der Waals surface area contributed by atoms with Crippen molar-refractivity contribution in [2.75, 3.05) is 18.8 Å². The third kappa shape index (κ3) is 5.46. The summed E-state index contributed by atoms with van der Waals surface area (Å²) in [5.41, 5.74) is 0. The number of nitrogens with one attached hydrogen (secondary N) is 2. The highest BCUT2D eigenvalue weighted by molar-refractivity contribution is 7.90. The highest BCUT2D eigenvalue weighted by atomic mass is 32.2. The van der Waals surface area contributed by atoms with E-state index in [9.17, 15) is 18.0 Å². The van der Waals surface area contributed by atoms with Crippen LogP contribution >= 0.6 is 0 Å². The predicted octanol–water partition coefficient (Wildman–Crippen LogP) is 0.222. The molecule has 1 unspecified atom stereocenters. The molecule has 132 valence electrons. The summed E-state index contributed by atoms with van der Waals surface area (Å²) in [4.78, 5) is 25.3. The molecule has 2 rings (SSSR count). The molecule has 8 heteroatoms. The zero-order valence-electron chi connectivity index (χ0n) is 13.9. The van der Waals surface area contributed by atoms with Gasteiger partial charge in [0.25, 0.3) is 0 Å². The Bertz CT molecular complexity index is 541. The van der Waals surface area contributed by atoms with Crippen molar-refractivity contribution in [3.05, 3.63) is 0 Å². The second kappa shape index (κ2) is 7.61. The molecule has 1 aliphatic heterocycles. The average Bonchev–Trinajstić information content (AvgIpc) is 2.61. The standard InChI is InChI=1S/C15H27N3O4S/c1-11-3-5-13(6-4-11)17-23(21,22)10-15(20)18-8-7-16-14(19)9-12(18)2/h11-13,17H,3-10H2,1-2H3,(H,16,19). The molecule has 1 saturated heterocycles. The highest BCUT2D eigenvalue weighted by Gasteiger charge is 2.30. The lowest BCUT2D eigenvalue weighted by molar-refractivity contribution is -0.130. The second-order valence-corrected chi connectivity index (χ2v) is 8.58. The zero-order valence-corrected chi connectivity index (χ0v) is 14.7. The molecule has 0 aromatic carbocycles. The van der Waals surface area contributed by atoms with Gasteiger partial charge in [-0.05, 0) is 38.5 Å². The molecular formula is C15H27N3O4S. The number of hydrogen-bond acceptors (Lipinski definition) is 4. The minimum absolute atomic E-state index is 0.0613. The molecular weight excluding hydrogens is 318 g/mol. The van der Waals surface area contributed by atoms with E-state index in [2.05, 4.69) is 17.0 Å². The Morgan fingerprint density at radius 1 is 1.26 bits per heavy atom. The van der Waals surface area contributed by atoms with E-state index >= 15 is 0 Å². The van der Waals surface area contributed by atoms with E-state index < -0.39 is 21.7 Å². The van der Waals surface area contributed by atoms with Gasteiger partial charge in [0.1, 0.15) is 5.75 Å². The Morgan fingerprint density at radius 2 is 1.91 bits per heavy atom. The van der Waals surface area contributed by atoms with Crippen molar-refractivity contribution in [1.82, 2.24) is 14.9 Å². The Morgan fingerprint density at radius 3 is 2.57 bits per heavy atom. The van der Waals surface area contributed by atoms with Crippen molar-refractivity contribution in [3.8, 4) is 0 Å². The minimum atomic E-state index is -3.64. The SMILES string of the molecule is CC1CCC(NS(=O)(=O)CC(=O)N2CCNC(=O)CC2C)CC1. The molecule has 2 amide bonds. The van der Waals surface area contributed by atoms with Gasteiger partial charge < -0.3 is 10.2 Å². The van der Waals surface area contributed by atoms with Crippen LogP contribution in [0, 0.1) is 5.92 Å². The Kier molecular flexibility index (Phi) is 6.02. The van der Waals surface area contributed by atoms with Crippen LogP contribution in [0.4, 0.5) is 0 Å². The summed E-state index contributed by atoms with van der Waals surface area (Å²) >= 11 is 0. The number of sulfonamides is 1. The molecule has 23 heavy (non-hydrogen) atoms. The van der Waals surface area contributed by atoms with E-state index in [1.165, 1.54) is 4.90 Å². The lowest BCUT2D eigenvalue weighted by Crippen LogP contribution is -2.46. The summed E-state index contributed by atoms with van der Waals surface area (Å²) in [6.07, 6.45) is 3.89. The maximum absolute atomic E-state index is 12.3. The number of carbonyl (C=O) groups is 2. The van der Waals surface area contributed by atoms with Gasteiger partial charge in [-0.15, -0.1) is 0 Å². The van der Waals surface area contributed by atoms with Crippen LogP contribution in [0.3, 0.4) is 0 Å². The van der Waals surface area contributed by atoms with Crippen molar-refractivity contribution < 1.29 is 18.0 Å². The summed E-state index contributed by atoms with van der Waals surface area (Å²) in [5.74, 6) is -0.450. The molecule has 1 aliphatic carbocycles. The molecule has 0 spiro atoms. The number of amides is 2. The largest absolute Gasteiger partial charge is 0.354 e. The van der Waals surface area contributed by atoms with Crippen LogP contribution < -0.4 is 10.0 Å². The first-order valence-electron chi connectivity index (χ1n) is 8.33. The lowest BCUT2D eigenvalue weighted by atomic mass is 9.88. The summed E-state index contributed by atoms with van der Waals surface area (Å²) in [5, 5.41) is 2.69. The number of carbonyl (C=O) groups excluding carboxylic acids is 2. The fourth-order valence-corrected chi connectivity index (χ4v) is 4.59. The fourth-order valence-electron chi connectivity index (χ4n) is 3.28. The number of rotatable bonds is 4. The fraction of sp³-hybridized carbons (Fsp3) is 0.867. The maximum atomic E-state index is 12.3. The van der Waals surface area contributed by atoms with Gasteiger partial charge in [-0.1, -0.05) is 6.92 Å². The van der Waals surface area contributed by atoms with Gasteiger partial charge in [-0.3, -0.25) is 9.59 Å². The minimum Gasteiger partial charge on any atom is -0.354 e. The third-order valence-corrected chi connectivity index (χ3v) is 6.00. The summed E-state index contributed by atoms with van der Waals surface area (Å²) in [7, 11) is -3.64. The van der Waals surface area contributed by atoms with Crippen molar-refractivity contribution in [2.45, 2.75) is 58.0 Å². The van der Waals surface area contributed by atoms with Crippen LogP contribution in [0.25, 0.3) is 0 Å². The normalized spacial score (nSPS) is 29.7. The first-order valence-corrected chi connectivity index (χ1v) is 9.98. The van der Waals surface area contributed by atoms with Gasteiger partial charge in [-0.25, -0.2) is 13.1 Å². The van der Waals surface area contributed by atoms with Crippen molar-refractivity contribution >= 4 is 21.8 Å². The van der Waals surface area contributed by atoms with E-state index in [-0.39, 0.29) is 24.4 Å². The van der Waals surface area contributed by atoms with Crippen LogP contribution in [0.15, 0.2) is 0 Å². The van der Waals surface area contributed by atoms with Crippen molar-refractivity contribution in [2.24, 2.45) is 5.92 Å². The maximum Gasteiger partial charge on any atom is 0.239 e. The monoisotopic (exact) mass is 345 g/mol. The average molecular weight is 345 g/mol. The lowest BCUT2D eigenvalue weighted by Gasteiger charge is -2.28. The van der Waals surface area contributed by atoms with E-state index in [1.54, 1.807) is 6.92 Å². The van der Waals surface area contributed by atoms with Crippen LogP contribution in [-0.2, 0) is 19.6 Å². The van der Waals surface area contributed by atoms with Gasteiger partial charge in [0.2, 0.25) is 21.8 Å². The molecule has 2 aliphatic rings. The number of hydrogen-bond donors (Lipinski definition) is 2. The topological polar surface area (TPSA) is 95.6 Å². The van der Waals surface area contributed by atoms with Crippen LogP contribution in [0.5, 0.6) is 0 Å². The molecule has 1 heterocycles. The molecule has 0 bridgehead atoms. The molecule has 0 aromatic rings. The Balaban J connectivity index is 1.91. The highest BCUT2D eigenvalue weighted by Crippen LogP contribution is 2.23. The Labute approximate surface area is 138 Å². The third-order valence-electron chi connectivity index (χ3n) is 4.68. The van der Waals surface area contributed by atoms with Gasteiger partial charge in [0, 0.05) is 31.6 Å². The van der Waals surface area contributed by atoms with E-state index in [0.29, 0.717) is 19.0 Å². The zero-order chi connectivity index (χ0) is 17.0. The van der Waals surface area contributed by atoms with Crippen LogP contribution in [-0.4, -0.2) is 56.1 Å². The van der Waals surface area contributed by atoms with E-state index in [1.807, 2.05) is 0 Å². The molecule has 2 fully saturated rings. The van der Waals surface area contributed by atoms with Crippen LogP contribution in [0.1, 0.15) is 46.0 Å². The van der Waals surface area contributed by atoms with Gasteiger partial charge in [-0.2, -0.15) is 0 Å². The molecule has 1 saturated carbocycles. The predicted molar refractivity (Wildman–Crippen MR) is 87.1 cm³/mol. The Hall–Kier alpha value is -1.15. The smallest absolute Gasteiger partial charge is 0.239 e. The first kappa shape index (κ1) is 18.2. The molecule has 1 atom stereocenters. The van der Waals surface area contributed by atoms with Gasteiger partial charge >= 0.3 is 0 Å². The quantitative estimate of drug-likeness (QED) is 0.762. The molecule has 0 radical (unpaired) electrons. The van der Waals surface area contributed by atoms with Crippen molar-refractivity contribution in [1.29, 1.82) is 0 Å². The summed E-state index contributed by atoms with van der Waals surface area (Å²) < 4.78 is 27.2. The molecule has 7 nitrogen and oxygen atoms in total. The molecule has 2 N–H and O–H groups in total. The van der Waals surface area contributed by atoms with Gasteiger partial charge in [0.05, 0.1) is 0 Å². The van der Waals surface area contributed by atoms with E-state index in [4.69, 9.17) is 0 Å². The van der Waals surface area contributed by atoms with Gasteiger partial charge in [0.15, 0.2) is 0 Å². The van der Waals surface area contributed by atoms with E-state index in [0.717, 1.165) is 25.7 Å². The summed E-state index contributed by atoms with van der Waals surface area (Å²) in [6, 6.07) is -0.343. The van der Waals surface area contributed by atoms with Crippen LogP contribution in [0.2, 0.25) is 0 Å². The first-order chi connectivity index (χ1) is 10.8. The number of nitrogens with zero attached hydrogens (tertiary/aromatic N) is 1. The van der Waals surface area contributed by atoms with Crippen molar-refractivity contribution in [3.63, 3.8) is 0 Å². The molecule has 0 aromatic heterocycles. The second-order valence-electron chi connectivity index (χ2n) is 6.82.